The molecule has 3 nitrogen and oxygen atoms in total. The molecule has 2 unspecified atom stereocenters. The van der Waals surface area contributed by atoms with E-state index in [0.29, 0.717) is 5.92 Å². The maximum absolute atomic E-state index is 12.2. The molecule has 0 aromatic heterocycles. The van der Waals surface area contributed by atoms with Crippen LogP contribution in [0, 0.1) is 12.8 Å². The van der Waals surface area contributed by atoms with Crippen LogP contribution in [0.25, 0.3) is 0 Å². The quantitative estimate of drug-likeness (QED) is 0.846. The number of methoxy groups -OCH3 is 1. The van der Waals surface area contributed by atoms with Crippen molar-refractivity contribution in [1.29, 1.82) is 0 Å². The normalized spacial score (nSPS) is 26.8. The van der Waals surface area contributed by atoms with E-state index in [4.69, 9.17) is 4.74 Å². The molecule has 0 heterocycles. The molecule has 2 rings (SSSR count). The van der Waals surface area contributed by atoms with Gasteiger partial charge in [-0.25, -0.2) is 4.79 Å². The van der Waals surface area contributed by atoms with Gasteiger partial charge < -0.3 is 10.1 Å². The second-order valence-electron chi connectivity index (χ2n) is 5.77. The summed E-state index contributed by atoms with van der Waals surface area (Å²) in [5.41, 5.74) is 1.65. The number of rotatable bonds is 3. The van der Waals surface area contributed by atoms with E-state index in [0.717, 1.165) is 24.9 Å². The zero-order valence-electron chi connectivity index (χ0n) is 12.0. The van der Waals surface area contributed by atoms with Gasteiger partial charge in [0.05, 0.1) is 7.11 Å². The standard InChI is InChI=1S/C16H23NO2/c1-12-6-8-14(9-7-12)17-16(15(18)19-3)10-4-5-13(2)11-16/h6-9,13,17H,4-5,10-11H2,1-3H3. The molecule has 1 aliphatic carbocycles. The van der Waals surface area contributed by atoms with E-state index in [-0.39, 0.29) is 5.97 Å². The molecule has 1 N–H and O–H groups in total. The number of hydrogen-bond donors (Lipinski definition) is 1. The van der Waals surface area contributed by atoms with E-state index in [1.165, 1.54) is 19.1 Å². The van der Waals surface area contributed by atoms with Crippen LogP contribution in [-0.2, 0) is 9.53 Å². The van der Waals surface area contributed by atoms with Crippen LogP contribution in [0.4, 0.5) is 5.69 Å². The first-order valence-corrected chi connectivity index (χ1v) is 6.99. The van der Waals surface area contributed by atoms with Crippen molar-refractivity contribution in [1.82, 2.24) is 0 Å². The second-order valence-corrected chi connectivity index (χ2v) is 5.77. The lowest BCUT2D eigenvalue weighted by atomic mass is 9.76. The smallest absolute Gasteiger partial charge is 0.331 e. The Morgan fingerprint density at radius 3 is 2.63 bits per heavy atom. The van der Waals surface area contributed by atoms with Crippen LogP contribution >= 0.6 is 0 Å². The van der Waals surface area contributed by atoms with E-state index < -0.39 is 5.54 Å². The van der Waals surface area contributed by atoms with Gasteiger partial charge in [0.15, 0.2) is 0 Å². The van der Waals surface area contributed by atoms with E-state index in [9.17, 15) is 4.79 Å². The maximum atomic E-state index is 12.2. The van der Waals surface area contributed by atoms with Crippen molar-refractivity contribution in [3.8, 4) is 0 Å². The number of aryl methyl sites for hydroxylation is 1. The summed E-state index contributed by atoms with van der Waals surface area (Å²) in [6.45, 7) is 4.26. The molecule has 2 atom stereocenters. The van der Waals surface area contributed by atoms with Crippen molar-refractivity contribution < 1.29 is 9.53 Å². The molecule has 1 fully saturated rings. The lowest BCUT2D eigenvalue weighted by Gasteiger charge is -2.38. The maximum Gasteiger partial charge on any atom is 0.331 e. The molecule has 0 bridgehead atoms. The van der Waals surface area contributed by atoms with Crippen LogP contribution in [0.5, 0.6) is 0 Å². The Morgan fingerprint density at radius 2 is 2.05 bits per heavy atom. The average molecular weight is 261 g/mol. The average Bonchev–Trinajstić information content (AvgIpc) is 2.40. The van der Waals surface area contributed by atoms with Gasteiger partial charge in [-0.05, 0) is 37.8 Å². The minimum Gasteiger partial charge on any atom is -0.467 e. The number of benzene rings is 1. The zero-order valence-corrected chi connectivity index (χ0v) is 12.0. The SMILES string of the molecule is COC(=O)C1(Nc2ccc(C)cc2)CCCC(C)C1. The summed E-state index contributed by atoms with van der Waals surface area (Å²) < 4.78 is 5.04. The summed E-state index contributed by atoms with van der Waals surface area (Å²) in [6, 6.07) is 8.16. The van der Waals surface area contributed by atoms with Gasteiger partial charge >= 0.3 is 5.97 Å². The highest BCUT2D eigenvalue weighted by Crippen LogP contribution is 2.36. The van der Waals surface area contributed by atoms with Crippen molar-refractivity contribution in [2.24, 2.45) is 5.92 Å². The monoisotopic (exact) mass is 261 g/mol. The number of carbonyl (C=O) groups excluding carboxylic acids is 1. The van der Waals surface area contributed by atoms with Crippen LogP contribution in [-0.4, -0.2) is 18.6 Å². The third-order valence-electron chi connectivity index (χ3n) is 4.01. The fourth-order valence-electron chi connectivity index (χ4n) is 3.01. The van der Waals surface area contributed by atoms with Crippen LogP contribution in [0.2, 0.25) is 0 Å². The Labute approximate surface area is 115 Å². The predicted molar refractivity (Wildman–Crippen MR) is 77.2 cm³/mol. The first kappa shape index (κ1) is 13.9. The molecule has 3 heteroatoms. The summed E-state index contributed by atoms with van der Waals surface area (Å²) in [5, 5.41) is 3.43. The van der Waals surface area contributed by atoms with Crippen molar-refractivity contribution in [2.45, 2.75) is 45.1 Å². The Morgan fingerprint density at radius 1 is 1.37 bits per heavy atom. The molecule has 104 valence electrons. The van der Waals surface area contributed by atoms with Crippen LogP contribution in [0.15, 0.2) is 24.3 Å². The molecule has 1 saturated carbocycles. The Hall–Kier alpha value is -1.51. The van der Waals surface area contributed by atoms with Crippen molar-refractivity contribution in [3.05, 3.63) is 29.8 Å². The molecular weight excluding hydrogens is 238 g/mol. The number of carbonyl (C=O) groups is 1. The molecular formula is C16H23NO2. The lowest BCUT2D eigenvalue weighted by Crippen LogP contribution is -2.50. The largest absolute Gasteiger partial charge is 0.467 e. The molecule has 0 saturated heterocycles. The predicted octanol–water partition coefficient (Wildman–Crippen LogP) is 3.53. The third kappa shape index (κ3) is 3.09. The Balaban J connectivity index is 2.22. The Kier molecular flexibility index (Phi) is 4.13. The first-order chi connectivity index (χ1) is 9.05. The van der Waals surface area contributed by atoms with Crippen molar-refractivity contribution in [2.75, 3.05) is 12.4 Å². The van der Waals surface area contributed by atoms with E-state index in [1.807, 2.05) is 12.1 Å². The molecule has 1 aromatic rings. The number of anilines is 1. The highest BCUT2D eigenvalue weighted by Gasteiger charge is 2.42. The topological polar surface area (TPSA) is 38.3 Å². The minimum absolute atomic E-state index is 0.139. The third-order valence-corrected chi connectivity index (χ3v) is 4.01. The summed E-state index contributed by atoms with van der Waals surface area (Å²) >= 11 is 0. The van der Waals surface area contributed by atoms with Crippen molar-refractivity contribution >= 4 is 11.7 Å². The van der Waals surface area contributed by atoms with Gasteiger partial charge in [-0.2, -0.15) is 0 Å². The van der Waals surface area contributed by atoms with Gasteiger partial charge in [0.2, 0.25) is 0 Å². The highest BCUT2D eigenvalue weighted by molar-refractivity contribution is 5.84. The van der Waals surface area contributed by atoms with Gasteiger partial charge in [-0.1, -0.05) is 37.5 Å². The van der Waals surface area contributed by atoms with Crippen molar-refractivity contribution in [3.63, 3.8) is 0 Å². The highest BCUT2D eigenvalue weighted by atomic mass is 16.5. The molecule has 0 radical (unpaired) electrons. The van der Waals surface area contributed by atoms with Gasteiger partial charge in [-0.3, -0.25) is 0 Å². The Bertz CT molecular complexity index is 441. The van der Waals surface area contributed by atoms with Gasteiger partial charge in [-0.15, -0.1) is 0 Å². The minimum atomic E-state index is -0.554. The number of hydrogen-bond acceptors (Lipinski definition) is 3. The number of esters is 1. The summed E-state index contributed by atoms with van der Waals surface area (Å²) in [7, 11) is 1.47. The van der Waals surface area contributed by atoms with E-state index in [1.54, 1.807) is 0 Å². The number of ether oxygens (including phenoxy) is 1. The van der Waals surface area contributed by atoms with Gasteiger partial charge in [0, 0.05) is 5.69 Å². The van der Waals surface area contributed by atoms with Crippen LogP contribution < -0.4 is 5.32 Å². The van der Waals surface area contributed by atoms with Crippen LogP contribution in [0.3, 0.4) is 0 Å². The molecule has 1 aliphatic rings. The fraction of sp³-hybridized carbons (Fsp3) is 0.562. The fourth-order valence-corrected chi connectivity index (χ4v) is 3.01. The van der Waals surface area contributed by atoms with E-state index >= 15 is 0 Å². The number of nitrogens with one attached hydrogen (secondary N) is 1. The molecule has 1 aromatic carbocycles. The second kappa shape index (κ2) is 5.64. The molecule has 19 heavy (non-hydrogen) atoms. The summed E-state index contributed by atoms with van der Waals surface area (Å²) in [6.07, 6.45) is 3.94. The van der Waals surface area contributed by atoms with Gasteiger partial charge in [0.25, 0.3) is 0 Å². The summed E-state index contributed by atoms with van der Waals surface area (Å²) in [5.74, 6) is 0.408. The first-order valence-electron chi connectivity index (χ1n) is 6.99. The van der Waals surface area contributed by atoms with Gasteiger partial charge in [0.1, 0.15) is 5.54 Å². The zero-order chi connectivity index (χ0) is 13.9. The molecule has 0 aliphatic heterocycles. The summed E-state index contributed by atoms with van der Waals surface area (Å²) in [4.78, 5) is 12.2. The molecule has 0 amide bonds. The lowest BCUT2D eigenvalue weighted by molar-refractivity contribution is -0.147. The molecule has 0 spiro atoms. The van der Waals surface area contributed by atoms with Crippen LogP contribution in [0.1, 0.15) is 38.2 Å². The van der Waals surface area contributed by atoms with E-state index in [2.05, 4.69) is 31.3 Å².